The van der Waals surface area contributed by atoms with Gasteiger partial charge in [-0.05, 0) is 76.0 Å². The molecule has 1 aliphatic carbocycles. The van der Waals surface area contributed by atoms with Gasteiger partial charge in [-0.1, -0.05) is 0 Å². The topological polar surface area (TPSA) is 87.3 Å². The Morgan fingerprint density at radius 2 is 2.03 bits per heavy atom. The molecule has 0 radical (unpaired) electrons. The van der Waals surface area contributed by atoms with Crippen LogP contribution in [0.15, 0.2) is 24.4 Å². The Labute approximate surface area is 171 Å². The number of hydrogen-bond acceptors (Lipinski definition) is 4. The number of carbonyl (C=O) groups is 2. The number of H-pyrrole nitrogens is 1. The first-order valence-electron chi connectivity index (χ1n) is 10.4. The number of aromatic nitrogens is 2. The molecule has 7 heteroatoms. The summed E-state index contributed by atoms with van der Waals surface area (Å²) in [6, 6.07) is 5.64. The Hall–Kier alpha value is -2.57. The molecule has 0 aromatic carbocycles. The van der Waals surface area contributed by atoms with Crippen molar-refractivity contribution in [3.63, 3.8) is 0 Å². The van der Waals surface area contributed by atoms with Crippen LogP contribution in [0.1, 0.15) is 56.9 Å². The number of nitrogens with zero attached hydrogens (tertiary/aromatic N) is 2. The largest absolute Gasteiger partial charge is 0.444 e. The van der Waals surface area contributed by atoms with E-state index in [0.29, 0.717) is 23.6 Å². The van der Waals surface area contributed by atoms with E-state index < -0.39 is 5.60 Å². The number of ether oxygens (including phenoxy) is 1. The molecule has 2 aromatic rings. The average Bonchev–Trinajstić information content (AvgIpc) is 3.07. The van der Waals surface area contributed by atoms with Crippen LogP contribution in [-0.2, 0) is 4.74 Å². The van der Waals surface area contributed by atoms with E-state index in [2.05, 4.69) is 15.3 Å². The molecule has 4 rings (SSSR count). The maximum absolute atomic E-state index is 12.4. The second-order valence-electron chi connectivity index (χ2n) is 9.58. The van der Waals surface area contributed by atoms with Gasteiger partial charge in [-0.25, -0.2) is 9.78 Å². The van der Waals surface area contributed by atoms with Gasteiger partial charge < -0.3 is 19.9 Å². The third-order valence-electron chi connectivity index (χ3n) is 6.11. The third kappa shape index (κ3) is 4.38. The zero-order chi connectivity index (χ0) is 20.6. The fourth-order valence-corrected chi connectivity index (χ4v) is 4.62. The molecule has 0 bridgehead atoms. The van der Waals surface area contributed by atoms with Gasteiger partial charge in [0, 0.05) is 31.2 Å². The quantitative estimate of drug-likeness (QED) is 0.825. The van der Waals surface area contributed by atoms with Crippen molar-refractivity contribution in [3.05, 3.63) is 30.1 Å². The van der Waals surface area contributed by atoms with E-state index >= 15 is 0 Å². The number of fused-ring (bicyclic) bond motifs is 1. The second-order valence-corrected chi connectivity index (χ2v) is 9.58. The minimum Gasteiger partial charge on any atom is -0.444 e. The highest BCUT2D eigenvalue weighted by Gasteiger charge is 2.46. The van der Waals surface area contributed by atoms with Crippen LogP contribution in [0.3, 0.4) is 0 Å². The van der Waals surface area contributed by atoms with Gasteiger partial charge >= 0.3 is 6.09 Å². The number of pyridine rings is 1. The smallest absolute Gasteiger partial charge is 0.410 e. The predicted octanol–water partition coefficient (Wildman–Crippen LogP) is 3.72. The summed E-state index contributed by atoms with van der Waals surface area (Å²) >= 11 is 0. The zero-order valence-electron chi connectivity index (χ0n) is 17.5. The number of amides is 2. The molecule has 29 heavy (non-hydrogen) atoms. The van der Waals surface area contributed by atoms with E-state index in [1.165, 1.54) is 0 Å². The summed E-state index contributed by atoms with van der Waals surface area (Å²) in [5.74, 6) is 0.429. The molecule has 2 N–H and O–H groups in total. The molecule has 7 nitrogen and oxygen atoms in total. The van der Waals surface area contributed by atoms with Crippen molar-refractivity contribution in [1.82, 2.24) is 20.2 Å². The summed E-state index contributed by atoms with van der Waals surface area (Å²) in [6.07, 6.45) is 5.77. The first-order valence-corrected chi connectivity index (χ1v) is 10.4. The Morgan fingerprint density at radius 1 is 1.31 bits per heavy atom. The van der Waals surface area contributed by atoms with Crippen LogP contribution in [-0.4, -0.2) is 52.1 Å². The van der Waals surface area contributed by atoms with Crippen molar-refractivity contribution < 1.29 is 14.3 Å². The number of carbonyl (C=O) groups excluding carboxylic acids is 2. The standard InChI is InChI=1S/C22H30N4O3/c1-21(2,3)29-20(28)26-9-6-22(7-10-26)12-15(13-22)14-24-19(27)17-11-16-5-4-8-23-18(16)25-17/h4-5,8,11,15H,6-7,9-10,12-14H2,1-3H3,(H,23,25)(H,24,27). The molecule has 1 aliphatic heterocycles. The molecule has 2 fully saturated rings. The minimum atomic E-state index is -0.451. The third-order valence-corrected chi connectivity index (χ3v) is 6.11. The van der Waals surface area contributed by atoms with Gasteiger partial charge in [-0.2, -0.15) is 0 Å². The summed E-state index contributed by atoms with van der Waals surface area (Å²) in [7, 11) is 0. The van der Waals surface area contributed by atoms with Crippen molar-refractivity contribution in [2.75, 3.05) is 19.6 Å². The van der Waals surface area contributed by atoms with Crippen molar-refractivity contribution in [2.24, 2.45) is 11.3 Å². The normalized spacial score (nSPS) is 19.2. The van der Waals surface area contributed by atoms with E-state index in [4.69, 9.17) is 4.74 Å². The second kappa shape index (κ2) is 7.35. The van der Waals surface area contributed by atoms with E-state index in [9.17, 15) is 9.59 Å². The minimum absolute atomic E-state index is 0.0799. The Morgan fingerprint density at radius 3 is 2.69 bits per heavy atom. The van der Waals surface area contributed by atoms with Crippen LogP contribution in [0.5, 0.6) is 0 Å². The number of piperidine rings is 1. The lowest BCUT2D eigenvalue weighted by Gasteiger charge is -2.52. The fraction of sp³-hybridized carbons (Fsp3) is 0.591. The molecule has 1 spiro atoms. The van der Waals surface area contributed by atoms with Gasteiger partial charge in [0.05, 0.1) is 0 Å². The molecule has 0 unspecified atom stereocenters. The number of likely N-dealkylation sites (tertiary alicyclic amines) is 1. The molecule has 1 saturated carbocycles. The number of rotatable bonds is 3. The van der Waals surface area contributed by atoms with Crippen molar-refractivity contribution >= 4 is 23.0 Å². The summed E-state index contributed by atoms with van der Waals surface area (Å²) < 4.78 is 5.48. The summed E-state index contributed by atoms with van der Waals surface area (Å²) in [5, 5.41) is 4.00. The van der Waals surface area contributed by atoms with Gasteiger partial charge in [0.15, 0.2) is 0 Å². The van der Waals surface area contributed by atoms with Gasteiger partial charge in [-0.3, -0.25) is 4.79 Å². The first kappa shape index (κ1) is 19.7. The molecular weight excluding hydrogens is 368 g/mol. The van der Waals surface area contributed by atoms with E-state index in [-0.39, 0.29) is 12.0 Å². The van der Waals surface area contributed by atoms with E-state index in [1.54, 1.807) is 6.20 Å². The lowest BCUT2D eigenvalue weighted by molar-refractivity contribution is -0.0265. The lowest BCUT2D eigenvalue weighted by atomic mass is 9.57. The molecule has 0 atom stereocenters. The summed E-state index contributed by atoms with van der Waals surface area (Å²) in [4.78, 5) is 33.8. The Kier molecular flexibility index (Phi) is 5.00. The Balaban J connectivity index is 1.21. The van der Waals surface area contributed by atoms with Crippen LogP contribution >= 0.6 is 0 Å². The highest BCUT2D eigenvalue weighted by Crippen LogP contribution is 2.52. The van der Waals surface area contributed by atoms with Crippen LogP contribution in [0.2, 0.25) is 0 Å². The molecule has 3 heterocycles. The van der Waals surface area contributed by atoms with Crippen molar-refractivity contribution in [3.8, 4) is 0 Å². The van der Waals surface area contributed by atoms with Gasteiger partial charge in [0.1, 0.15) is 16.9 Å². The van der Waals surface area contributed by atoms with Crippen LogP contribution in [0, 0.1) is 11.3 Å². The Bertz CT molecular complexity index is 865. The van der Waals surface area contributed by atoms with E-state index in [0.717, 1.165) is 49.8 Å². The molecule has 156 valence electrons. The molecule has 1 saturated heterocycles. The fourth-order valence-electron chi connectivity index (χ4n) is 4.62. The zero-order valence-corrected chi connectivity index (χ0v) is 17.5. The highest BCUT2D eigenvalue weighted by molar-refractivity contribution is 5.97. The highest BCUT2D eigenvalue weighted by atomic mass is 16.6. The SMILES string of the molecule is CC(C)(C)OC(=O)N1CCC2(CC1)CC(CNC(=O)c1cc3cccnc3[nH]1)C2. The molecular formula is C22H30N4O3. The number of nitrogens with one attached hydrogen (secondary N) is 2. The van der Waals surface area contributed by atoms with Gasteiger partial charge in [0.2, 0.25) is 0 Å². The first-order chi connectivity index (χ1) is 13.7. The predicted molar refractivity (Wildman–Crippen MR) is 111 cm³/mol. The molecule has 2 aliphatic rings. The maximum atomic E-state index is 12.4. The van der Waals surface area contributed by atoms with Crippen LogP contribution in [0.4, 0.5) is 4.79 Å². The van der Waals surface area contributed by atoms with Crippen molar-refractivity contribution in [1.29, 1.82) is 0 Å². The molecule has 2 amide bonds. The monoisotopic (exact) mass is 398 g/mol. The van der Waals surface area contributed by atoms with Gasteiger partial charge in [-0.15, -0.1) is 0 Å². The van der Waals surface area contributed by atoms with E-state index in [1.807, 2.05) is 43.9 Å². The van der Waals surface area contributed by atoms with Crippen LogP contribution < -0.4 is 5.32 Å². The average molecular weight is 399 g/mol. The summed E-state index contributed by atoms with van der Waals surface area (Å²) in [5.41, 5.74) is 1.17. The summed E-state index contributed by atoms with van der Waals surface area (Å²) in [6.45, 7) is 7.90. The number of aromatic amines is 1. The lowest BCUT2D eigenvalue weighted by Crippen LogP contribution is -2.51. The maximum Gasteiger partial charge on any atom is 0.410 e. The van der Waals surface area contributed by atoms with Crippen LogP contribution in [0.25, 0.3) is 11.0 Å². The van der Waals surface area contributed by atoms with Crippen molar-refractivity contribution in [2.45, 2.75) is 52.1 Å². The molecule has 2 aromatic heterocycles. The number of hydrogen-bond donors (Lipinski definition) is 2. The van der Waals surface area contributed by atoms with Gasteiger partial charge in [0.25, 0.3) is 5.91 Å².